The van der Waals surface area contributed by atoms with E-state index < -0.39 is 15.3 Å². The van der Waals surface area contributed by atoms with Crippen molar-refractivity contribution in [3.05, 3.63) is 12.7 Å². The van der Waals surface area contributed by atoms with Gasteiger partial charge >= 0.3 is 6.03 Å². The summed E-state index contributed by atoms with van der Waals surface area (Å²) in [5, 5.41) is 2.46. The fourth-order valence-corrected chi connectivity index (χ4v) is 6.54. The Hall–Kier alpha value is -1.61. The number of rotatable bonds is 4. The first-order chi connectivity index (χ1) is 13.9. The molecule has 0 bridgehead atoms. The van der Waals surface area contributed by atoms with E-state index in [-0.39, 0.29) is 18.0 Å². The second-order valence-corrected chi connectivity index (χ2v) is 10.5. The molecule has 3 heterocycles. The van der Waals surface area contributed by atoms with Crippen LogP contribution in [-0.4, -0.2) is 85.0 Å². The highest BCUT2D eigenvalue weighted by Crippen LogP contribution is 2.25. The molecule has 0 spiro atoms. The molecule has 3 aliphatic rings. The predicted octanol–water partition coefficient (Wildman–Crippen LogP) is 1.54. The van der Waals surface area contributed by atoms with E-state index in [0.717, 1.165) is 38.8 Å². The van der Waals surface area contributed by atoms with Crippen LogP contribution < -0.4 is 5.32 Å². The number of hydrogen-bond acceptors (Lipinski definition) is 4. The third-order valence-electron chi connectivity index (χ3n) is 6.34. The van der Waals surface area contributed by atoms with Crippen LogP contribution in [0.2, 0.25) is 0 Å². The molecule has 29 heavy (non-hydrogen) atoms. The van der Waals surface area contributed by atoms with Gasteiger partial charge in [-0.15, -0.1) is 0 Å². The molecule has 3 aliphatic heterocycles. The Morgan fingerprint density at radius 1 is 0.828 bits per heavy atom. The minimum atomic E-state index is -3.39. The first-order valence-corrected chi connectivity index (χ1v) is 12.4. The molecule has 0 radical (unpaired) electrons. The topological polar surface area (TPSA) is 90.0 Å². The van der Waals surface area contributed by atoms with Crippen LogP contribution in [0.5, 0.6) is 0 Å². The summed E-state index contributed by atoms with van der Waals surface area (Å²) < 4.78 is 27.9. The van der Waals surface area contributed by atoms with Crippen molar-refractivity contribution in [1.82, 2.24) is 19.4 Å². The molecular formula is C20H34N4O4S. The lowest BCUT2D eigenvalue weighted by Crippen LogP contribution is -2.51. The van der Waals surface area contributed by atoms with Gasteiger partial charge in [0.25, 0.3) is 0 Å². The van der Waals surface area contributed by atoms with E-state index in [4.69, 9.17) is 0 Å². The predicted molar refractivity (Wildman–Crippen MR) is 112 cm³/mol. The number of carbonyl (C=O) groups excluding carboxylic acids is 2. The molecule has 0 aromatic carbocycles. The van der Waals surface area contributed by atoms with Crippen molar-refractivity contribution in [2.75, 3.05) is 39.3 Å². The lowest BCUT2D eigenvalue weighted by atomic mass is 10.1. The third kappa shape index (κ3) is 5.51. The van der Waals surface area contributed by atoms with Crippen LogP contribution in [0.3, 0.4) is 0 Å². The van der Waals surface area contributed by atoms with Gasteiger partial charge in [0.05, 0.1) is 5.25 Å². The van der Waals surface area contributed by atoms with Crippen LogP contribution in [0.1, 0.15) is 51.4 Å². The quantitative estimate of drug-likeness (QED) is 0.691. The second-order valence-electron chi connectivity index (χ2n) is 8.30. The highest BCUT2D eigenvalue weighted by molar-refractivity contribution is 7.89. The van der Waals surface area contributed by atoms with Crippen LogP contribution in [-0.2, 0) is 14.8 Å². The van der Waals surface area contributed by atoms with Gasteiger partial charge in [0.1, 0.15) is 0 Å². The van der Waals surface area contributed by atoms with E-state index in [1.807, 2.05) is 9.80 Å². The van der Waals surface area contributed by atoms with Gasteiger partial charge in [0.2, 0.25) is 15.9 Å². The fourth-order valence-electron chi connectivity index (χ4n) is 4.57. The van der Waals surface area contributed by atoms with Gasteiger partial charge < -0.3 is 15.1 Å². The van der Waals surface area contributed by atoms with Crippen molar-refractivity contribution >= 4 is 22.0 Å². The third-order valence-corrected chi connectivity index (χ3v) is 8.74. The average Bonchev–Trinajstić information content (AvgIpc) is 3.00. The molecule has 3 fully saturated rings. The highest BCUT2D eigenvalue weighted by Gasteiger charge is 2.37. The van der Waals surface area contributed by atoms with E-state index in [9.17, 15) is 18.0 Å². The standard InChI is InChI=1S/C20H34N4O4S/c1-2-19(25)21-17-7-6-13-24(16-8-17)29(27,28)18-9-14-23(15-10-18)20(26)22-11-4-3-5-12-22/h2,17-18H,1,3-16H2,(H,21,25). The van der Waals surface area contributed by atoms with Crippen LogP contribution >= 0.6 is 0 Å². The summed E-state index contributed by atoms with van der Waals surface area (Å²) in [7, 11) is -3.39. The number of likely N-dealkylation sites (tertiary alicyclic amines) is 2. The molecule has 164 valence electrons. The Balaban J connectivity index is 1.52. The Kier molecular flexibility index (Phi) is 7.56. The number of carbonyl (C=O) groups is 2. The maximum atomic E-state index is 13.2. The summed E-state index contributed by atoms with van der Waals surface area (Å²) in [4.78, 5) is 27.9. The normalized spacial score (nSPS) is 25.3. The highest BCUT2D eigenvalue weighted by atomic mass is 32.2. The molecule has 3 amide bonds. The number of nitrogens with zero attached hydrogens (tertiary/aromatic N) is 3. The monoisotopic (exact) mass is 426 g/mol. The van der Waals surface area contributed by atoms with Gasteiger partial charge in [-0.05, 0) is 57.4 Å². The molecule has 0 aromatic rings. The molecule has 0 aromatic heterocycles. The number of amides is 3. The molecule has 9 heteroatoms. The molecule has 1 unspecified atom stereocenters. The molecule has 1 atom stereocenters. The first kappa shape index (κ1) is 22.1. The van der Waals surface area contributed by atoms with Gasteiger partial charge in [0.15, 0.2) is 0 Å². The summed E-state index contributed by atoms with van der Waals surface area (Å²) in [5.41, 5.74) is 0. The summed E-state index contributed by atoms with van der Waals surface area (Å²) in [6.45, 7) is 7.03. The molecular weight excluding hydrogens is 392 g/mol. The number of urea groups is 1. The Bertz CT molecular complexity index is 697. The Morgan fingerprint density at radius 2 is 1.48 bits per heavy atom. The summed E-state index contributed by atoms with van der Waals surface area (Å²) in [6, 6.07) is 0.0563. The van der Waals surface area contributed by atoms with Crippen LogP contribution in [0.15, 0.2) is 12.7 Å². The minimum absolute atomic E-state index is 0.00953. The maximum absolute atomic E-state index is 13.2. The Morgan fingerprint density at radius 3 is 2.14 bits per heavy atom. The zero-order valence-electron chi connectivity index (χ0n) is 17.2. The van der Waals surface area contributed by atoms with E-state index >= 15 is 0 Å². The number of nitrogens with one attached hydrogen (secondary N) is 1. The molecule has 0 aliphatic carbocycles. The van der Waals surface area contributed by atoms with Crippen LogP contribution in [0.25, 0.3) is 0 Å². The van der Waals surface area contributed by atoms with E-state index in [1.54, 1.807) is 4.31 Å². The second kappa shape index (κ2) is 9.93. The lowest BCUT2D eigenvalue weighted by Gasteiger charge is -2.38. The average molecular weight is 427 g/mol. The minimum Gasteiger partial charge on any atom is -0.350 e. The molecule has 1 N–H and O–H groups in total. The van der Waals surface area contributed by atoms with Crippen LogP contribution in [0.4, 0.5) is 4.79 Å². The summed E-state index contributed by atoms with van der Waals surface area (Å²) in [6.07, 6.45) is 7.65. The number of sulfonamides is 1. The SMILES string of the molecule is C=CC(=O)NC1CCCN(S(=O)(=O)C2CCN(C(=O)N3CCCCC3)CC2)CC1. The molecule has 3 saturated heterocycles. The summed E-state index contributed by atoms with van der Waals surface area (Å²) in [5.74, 6) is -0.211. The lowest BCUT2D eigenvalue weighted by molar-refractivity contribution is -0.117. The van der Waals surface area contributed by atoms with E-state index in [2.05, 4.69) is 11.9 Å². The fraction of sp³-hybridized carbons (Fsp3) is 0.800. The van der Waals surface area contributed by atoms with Crippen molar-refractivity contribution in [3.63, 3.8) is 0 Å². The molecule has 3 rings (SSSR count). The Labute approximate surface area is 174 Å². The number of piperidine rings is 2. The maximum Gasteiger partial charge on any atom is 0.319 e. The van der Waals surface area contributed by atoms with Crippen molar-refractivity contribution in [3.8, 4) is 0 Å². The van der Waals surface area contributed by atoms with Gasteiger partial charge in [-0.25, -0.2) is 17.5 Å². The zero-order valence-corrected chi connectivity index (χ0v) is 18.0. The van der Waals surface area contributed by atoms with Crippen molar-refractivity contribution in [2.45, 2.75) is 62.7 Å². The largest absolute Gasteiger partial charge is 0.350 e. The van der Waals surface area contributed by atoms with Gasteiger partial charge in [-0.2, -0.15) is 0 Å². The molecule has 0 saturated carbocycles. The smallest absolute Gasteiger partial charge is 0.319 e. The van der Waals surface area contributed by atoms with Gasteiger partial charge in [-0.3, -0.25) is 4.79 Å². The van der Waals surface area contributed by atoms with E-state index in [1.165, 1.54) is 12.5 Å². The van der Waals surface area contributed by atoms with Crippen molar-refractivity contribution < 1.29 is 18.0 Å². The zero-order chi connectivity index (χ0) is 20.9. The number of hydrogen-bond donors (Lipinski definition) is 1. The summed E-state index contributed by atoms with van der Waals surface area (Å²) >= 11 is 0. The van der Waals surface area contributed by atoms with Crippen LogP contribution in [0, 0.1) is 0 Å². The van der Waals surface area contributed by atoms with E-state index in [0.29, 0.717) is 45.4 Å². The van der Waals surface area contributed by atoms with Gasteiger partial charge in [0, 0.05) is 45.3 Å². The molecule has 8 nitrogen and oxygen atoms in total. The van der Waals surface area contributed by atoms with Crippen molar-refractivity contribution in [1.29, 1.82) is 0 Å². The van der Waals surface area contributed by atoms with Gasteiger partial charge in [-0.1, -0.05) is 6.58 Å². The first-order valence-electron chi connectivity index (χ1n) is 10.9. The van der Waals surface area contributed by atoms with Crippen molar-refractivity contribution in [2.24, 2.45) is 0 Å².